The van der Waals surface area contributed by atoms with E-state index >= 15 is 0 Å². The second-order valence-corrected chi connectivity index (χ2v) is 6.67. The molecule has 0 bridgehead atoms. The molecule has 0 spiro atoms. The van der Waals surface area contributed by atoms with Crippen molar-refractivity contribution < 1.29 is 4.79 Å². The third kappa shape index (κ3) is 3.50. The number of anilines is 1. The van der Waals surface area contributed by atoms with Crippen LogP contribution in [-0.2, 0) is 0 Å². The molecule has 0 aliphatic heterocycles. The first-order chi connectivity index (χ1) is 12.1. The standard InChI is InChI=1S/C17H13Cl2N5O/c18-12-3-4-15(14(19)5-12)24-9-11(6-22-24)17(25)23-13-7-20-16(21-8-13)10-1-2-10/h3-10H,1-2H2,(H,23,25). The van der Waals surface area contributed by atoms with Gasteiger partial charge in [-0.15, -0.1) is 0 Å². The number of benzene rings is 1. The summed E-state index contributed by atoms with van der Waals surface area (Å²) in [6, 6.07) is 5.07. The number of carbonyl (C=O) groups excluding carboxylic acids is 1. The zero-order valence-electron chi connectivity index (χ0n) is 13.0. The normalized spacial score (nSPS) is 13.7. The third-order valence-corrected chi connectivity index (χ3v) is 4.41. The number of nitrogens with one attached hydrogen (secondary N) is 1. The minimum Gasteiger partial charge on any atom is -0.319 e. The summed E-state index contributed by atoms with van der Waals surface area (Å²) in [5, 5.41) is 7.93. The Morgan fingerprint density at radius 2 is 1.92 bits per heavy atom. The Hall–Kier alpha value is -2.44. The van der Waals surface area contributed by atoms with Gasteiger partial charge in [0.25, 0.3) is 5.91 Å². The molecule has 1 amide bonds. The van der Waals surface area contributed by atoms with Crippen LogP contribution in [0.5, 0.6) is 0 Å². The van der Waals surface area contributed by atoms with Crippen molar-refractivity contribution in [1.82, 2.24) is 19.7 Å². The largest absolute Gasteiger partial charge is 0.319 e. The zero-order valence-corrected chi connectivity index (χ0v) is 14.5. The Bertz CT molecular complexity index is 934. The summed E-state index contributed by atoms with van der Waals surface area (Å²) in [5.74, 6) is 1.02. The number of rotatable bonds is 4. The molecule has 25 heavy (non-hydrogen) atoms. The van der Waals surface area contributed by atoms with E-state index in [0.717, 1.165) is 18.7 Å². The number of hydrogen-bond donors (Lipinski definition) is 1. The van der Waals surface area contributed by atoms with Crippen LogP contribution in [0.1, 0.15) is 34.9 Å². The number of nitrogens with zero attached hydrogens (tertiary/aromatic N) is 4. The number of halogens is 2. The monoisotopic (exact) mass is 373 g/mol. The molecular formula is C17H13Cl2N5O. The van der Waals surface area contributed by atoms with E-state index in [1.165, 1.54) is 10.9 Å². The Balaban J connectivity index is 1.50. The van der Waals surface area contributed by atoms with E-state index in [1.54, 1.807) is 36.8 Å². The number of hydrogen-bond acceptors (Lipinski definition) is 4. The molecule has 1 N–H and O–H groups in total. The van der Waals surface area contributed by atoms with Crippen LogP contribution < -0.4 is 5.32 Å². The van der Waals surface area contributed by atoms with Gasteiger partial charge in [0.15, 0.2) is 0 Å². The summed E-state index contributed by atoms with van der Waals surface area (Å²) in [4.78, 5) is 20.9. The molecule has 2 aromatic heterocycles. The van der Waals surface area contributed by atoms with Gasteiger partial charge in [-0.25, -0.2) is 14.6 Å². The molecule has 1 saturated carbocycles. The fourth-order valence-corrected chi connectivity index (χ4v) is 2.89. The molecule has 0 unspecified atom stereocenters. The van der Waals surface area contributed by atoms with Crippen LogP contribution in [0.2, 0.25) is 10.0 Å². The molecule has 1 aromatic carbocycles. The maximum absolute atomic E-state index is 12.4. The first kappa shape index (κ1) is 16.1. The van der Waals surface area contributed by atoms with E-state index < -0.39 is 0 Å². The lowest BCUT2D eigenvalue weighted by molar-refractivity contribution is 0.102. The van der Waals surface area contributed by atoms with Gasteiger partial charge >= 0.3 is 0 Å². The van der Waals surface area contributed by atoms with Gasteiger partial charge in [-0.05, 0) is 31.0 Å². The maximum atomic E-state index is 12.4. The first-order valence-electron chi connectivity index (χ1n) is 7.73. The SMILES string of the molecule is O=C(Nc1cnc(C2CC2)nc1)c1cnn(-c2ccc(Cl)cc2Cl)c1. The van der Waals surface area contributed by atoms with Gasteiger partial charge < -0.3 is 5.32 Å². The second kappa shape index (κ2) is 6.46. The second-order valence-electron chi connectivity index (χ2n) is 5.83. The van der Waals surface area contributed by atoms with E-state index in [9.17, 15) is 4.79 Å². The van der Waals surface area contributed by atoms with Crippen LogP contribution in [0.4, 0.5) is 5.69 Å². The zero-order chi connectivity index (χ0) is 17.4. The van der Waals surface area contributed by atoms with Gasteiger partial charge in [0.1, 0.15) is 5.82 Å². The molecule has 4 rings (SSSR count). The van der Waals surface area contributed by atoms with E-state index in [4.69, 9.17) is 23.2 Å². The van der Waals surface area contributed by atoms with Crippen LogP contribution in [0.25, 0.3) is 5.69 Å². The fourth-order valence-electron chi connectivity index (χ4n) is 2.40. The maximum Gasteiger partial charge on any atom is 0.258 e. The molecule has 3 aromatic rings. The molecule has 1 aliphatic carbocycles. The summed E-state index contributed by atoms with van der Waals surface area (Å²) in [6.07, 6.45) is 8.60. The van der Waals surface area contributed by atoms with Crippen LogP contribution in [0.15, 0.2) is 43.0 Å². The topological polar surface area (TPSA) is 72.7 Å². The molecule has 1 fully saturated rings. The van der Waals surface area contributed by atoms with Crippen molar-refractivity contribution in [2.45, 2.75) is 18.8 Å². The highest BCUT2D eigenvalue weighted by Gasteiger charge is 2.26. The van der Waals surface area contributed by atoms with Gasteiger partial charge in [0.2, 0.25) is 0 Å². The molecule has 0 saturated heterocycles. The Morgan fingerprint density at radius 1 is 1.16 bits per heavy atom. The summed E-state index contributed by atoms with van der Waals surface area (Å²) in [7, 11) is 0. The first-order valence-corrected chi connectivity index (χ1v) is 8.49. The van der Waals surface area contributed by atoms with Crippen molar-refractivity contribution in [3.05, 3.63) is 64.4 Å². The lowest BCUT2D eigenvalue weighted by atomic mass is 10.3. The van der Waals surface area contributed by atoms with Crippen LogP contribution in [0, 0.1) is 0 Å². The van der Waals surface area contributed by atoms with Crippen molar-refractivity contribution in [3.63, 3.8) is 0 Å². The summed E-state index contributed by atoms with van der Waals surface area (Å²) < 4.78 is 1.53. The Kier molecular flexibility index (Phi) is 4.15. The molecule has 2 heterocycles. The molecule has 126 valence electrons. The van der Waals surface area contributed by atoms with Crippen molar-refractivity contribution in [2.75, 3.05) is 5.32 Å². The number of carbonyl (C=O) groups is 1. The predicted molar refractivity (Wildman–Crippen MR) is 95.5 cm³/mol. The average molecular weight is 374 g/mol. The highest BCUT2D eigenvalue weighted by atomic mass is 35.5. The minimum absolute atomic E-state index is 0.292. The summed E-state index contributed by atoms with van der Waals surface area (Å²) in [6.45, 7) is 0. The van der Waals surface area contributed by atoms with Gasteiger partial charge in [0, 0.05) is 17.1 Å². The minimum atomic E-state index is -0.292. The average Bonchev–Trinajstić information content (AvgIpc) is 3.33. The highest BCUT2D eigenvalue weighted by Crippen LogP contribution is 2.37. The summed E-state index contributed by atoms with van der Waals surface area (Å²) in [5.41, 5.74) is 1.59. The van der Waals surface area contributed by atoms with Gasteiger partial charge in [-0.1, -0.05) is 23.2 Å². The van der Waals surface area contributed by atoms with Crippen molar-refractivity contribution in [1.29, 1.82) is 0 Å². The van der Waals surface area contributed by atoms with Crippen LogP contribution in [0.3, 0.4) is 0 Å². The van der Waals surface area contributed by atoms with E-state index in [1.807, 2.05) is 0 Å². The van der Waals surface area contributed by atoms with Crippen molar-refractivity contribution in [3.8, 4) is 5.69 Å². The molecule has 0 atom stereocenters. The predicted octanol–water partition coefficient (Wildman–Crippen LogP) is 4.10. The fraction of sp³-hybridized carbons (Fsp3) is 0.176. The molecule has 1 aliphatic rings. The van der Waals surface area contributed by atoms with Gasteiger partial charge in [-0.2, -0.15) is 5.10 Å². The van der Waals surface area contributed by atoms with E-state index in [-0.39, 0.29) is 5.91 Å². The van der Waals surface area contributed by atoms with Crippen molar-refractivity contribution >= 4 is 34.8 Å². The van der Waals surface area contributed by atoms with E-state index in [0.29, 0.717) is 32.9 Å². The smallest absolute Gasteiger partial charge is 0.258 e. The quantitative estimate of drug-likeness (QED) is 0.746. The molecular weight excluding hydrogens is 361 g/mol. The molecule has 0 radical (unpaired) electrons. The Labute approximate surface area is 153 Å². The van der Waals surface area contributed by atoms with Crippen LogP contribution in [-0.4, -0.2) is 25.7 Å². The molecule has 8 heteroatoms. The number of amides is 1. The molecule has 6 nitrogen and oxygen atoms in total. The van der Waals surface area contributed by atoms with Crippen molar-refractivity contribution in [2.24, 2.45) is 0 Å². The van der Waals surface area contributed by atoms with E-state index in [2.05, 4.69) is 20.4 Å². The third-order valence-electron chi connectivity index (χ3n) is 3.87. The highest BCUT2D eigenvalue weighted by molar-refractivity contribution is 6.35. The lowest BCUT2D eigenvalue weighted by Gasteiger charge is -2.05. The van der Waals surface area contributed by atoms with Gasteiger partial charge in [0.05, 0.1) is 40.6 Å². The van der Waals surface area contributed by atoms with Gasteiger partial charge in [-0.3, -0.25) is 4.79 Å². The Morgan fingerprint density at radius 3 is 2.60 bits per heavy atom. The lowest BCUT2D eigenvalue weighted by Crippen LogP contribution is -2.12. The summed E-state index contributed by atoms with van der Waals surface area (Å²) >= 11 is 12.1. The number of aromatic nitrogens is 4. The van der Waals surface area contributed by atoms with Crippen LogP contribution >= 0.6 is 23.2 Å².